The molecule has 0 heterocycles. The second-order valence-electron chi connectivity index (χ2n) is 4.59. The van der Waals surface area contributed by atoms with Gasteiger partial charge in [-0.05, 0) is 38.5 Å². The van der Waals surface area contributed by atoms with Crippen LogP contribution in [0.3, 0.4) is 0 Å². The zero-order valence-electron chi connectivity index (χ0n) is 12.4. The SMILES string of the molecule is COCCCNC(=O)C(C)Oc1cc(Br)ccc1C(C)=O. The molecule has 6 heteroatoms. The average Bonchev–Trinajstić information content (AvgIpc) is 2.43. The Hall–Kier alpha value is -1.40. The van der Waals surface area contributed by atoms with Crippen molar-refractivity contribution < 1.29 is 19.1 Å². The molecule has 1 atom stereocenters. The van der Waals surface area contributed by atoms with Gasteiger partial charge in [0.05, 0.1) is 5.56 Å². The van der Waals surface area contributed by atoms with E-state index in [1.165, 1.54) is 6.92 Å². The zero-order valence-corrected chi connectivity index (χ0v) is 14.0. The van der Waals surface area contributed by atoms with Gasteiger partial charge in [-0.15, -0.1) is 0 Å². The molecule has 5 nitrogen and oxygen atoms in total. The van der Waals surface area contributed by atoms with Crippen molar-refractivity contribution >= 4 is 27.6 Å². The smallest absolute Gasteiger partial charge is 0.260 e. The van der Waals surface area contributed by atoms with Gasteiger partial charge < -0.3 is 14.8 Å². The van der Waals surface area contributed by atoms with Gasteiger partial charge in [-0.2, -0.15) is 0 Å². The molecular weight excluding hydrogens is 338 g/mol. The number of benzene rings is 1. The molecule has 1 unspecified atom stereocenters. The molecule has 1 rings (SSSR count). The molecule has 0 saturated carbocycles. The summed E-state index contributed by atoms with van der Waals surface area (Å²) in [5.74, 6) is 0.0715. The molecule has 0 radical (unpaired) electrons. The lowest BCUT2D eigenvalue weighted by atomic mass is 10.1. The summed E-state index contributed by atoms with van der Waals surface area (Å²) in [7, 11) is 1.62. The minimum atomic E-state index is -0.681. The summed E-state index contributed by atoms with van der Waals surface area (Å²) in [5, 5.41) is 2.76. The molecule has 21 heavy (non-hydrogen) atoms. The van der Waals surface area contributed by atoms with Crippen molar-refractivity contribution in [2.75, 3.05) is 20.3 Å². The number of ether oxygens (including phenoxy) is 2. The van der Waals surface area contributed by atoms with Crippen molar-refractivity contribution in [3.8, 4) is 5.75 Å². The summed E-state index contributed by atoms with van der Waals surface area (Å²) in [6.07, 6.45) is 0.0600. The summed E-state index contributed by atoms with van der Waals surface area (Å²) in [4.78, 5) is 23.5. The van der Waals surface area contributed by atoms with Crippen LogP contribution in [0.2, 0.25) is 0 Å². The van der Waals surface area contributed by atoms with Gasteiger partial charge in [0.15, 0.2) is 11.9 Å². The highest BCUT2D eigenvalue weighted by atomic mass is 79.9. The molecule has 0 aliphatic rings. The molecule has 0 aromatic heterocycles. The zero-order chi connectivity index (χ0) is 15.8. The molecule has 1 amide bonds. The maximum atomic E-state index is 11.9. The van der Waals surface area contributed by atoms with Gasteiger partial charge in [0.25, 0.3) is 5.91 Å². The fraction of sp³-hybridized carbons (Fsp3) is 0.467. The van der Waals surface area contributed by atoms with E-state index >= 15 is 0 Å². The monoisotopic (exact) mass is 357 g/mol. The van der Waals surface area contributed by atoms with Crippen LogP contribution in [-0.2, 0) is 9.53 Å². The van der Waals surface area contributed by atoms with E-state index in [-0.39, 0.29) is 11.7 Å². The van der Waals surface area contributed by atoms with Crippen LogP contribution >= 0.6 is 15.9 Å². The Labute approximate surface area is 133 Å². The van der Waals surface area contributed by atoms with Crippen molar-refractivity contribution in [3.05, 3.63) is 28.2 Å². The molecule has 1 N–H and O–H groups in total. The maximum Gasteiger partial charge on any atom is 0.260 e. The van der Waals surface area contributed by atoms with E-state index in [4.69, 9.17) is 9.47 Å². The topological polar surface area (TPSA) is 64.6 Å². The minimum absolute atomic E-state index is 0.106. The number of ketones is 1. The Bertz CT molecular complexity index is 504. The van der Waals surface area contributed by atoms with Crippen LogP contribution in [0.5, 0.6) is 5.75 Å². The first-order valence-electron chi connectivity index (χ1n) is 6.69. The summed E-state index contributed by atoms with van der Waals surface area (Å²) >= 11 is 3.33. The molecule has 1 aromatic rings. The lowest BCUT2D eigenvalue weighted by Crippen LogP contribution is -2.37. The van der Waals surface area contributed by atoms with Crippen LogP contribution in [0.15, 0.2) is 22.7 Å². The van der Waals surface area contributed by atoms with Crippen LogP contribution in [-0.4, -0.2) is 38.1 Å². The first-order chi connectivity index (χ1) is 9.95. The number of carbonyl (C=O) groups excluding carboxylic acids is 2. The summed E-state index contributed by atoms with van der Waals surface area (Å²) in [5.41, 5.74) is 0.456. The number of Topliss-reactive ketones (excluding diaryl/α,β-unsaturated/α-hetero) is 1. The van der Waals surface area contributed by atoms with Crippen LogP contribution < -0.4 is 10.1 Å². The third-order valence-electron chi connectivity index (χ3n) is 2.82. The number of nitrogens with one attached hydrogen (secondary N) is 1. The normalized spacial score (nSPS) is 11.8. The average molecular weight is 358 g/mol. The number of rotatable bonds is 8. The lowest BCUT2D eigenvalue weighted by molar-refractivity contribution is -0.127. The minimum Gasteiger partial charge on any atom is -0.480 e. The van der Waals surface area contributed by atoms with E-state index in [9.17, 15) is 9.59 Å². The van der Waals surface area contributed by atoms with Crippen LogP contribution in [0, 0.1) is 0 Å². The quantitative estimate of drug-likeness (QED) is 0.573. The fourth-order valence-corrected chi connectivity index (χ4v) is 2.04. The van der Waals surface area contributed by atoms with Gasteiger partial charge in [0, 0.05) is 24.7 Å². The molecule has 0 aliphatic carbocycles. The van der Waals surface area contributed by atoms with Gasteiger partial charge in [-0.1, -0.05) is 15.9 Å². The number of amides is 1. The Balaban J connectivity index is 2.65. The maximum absolute atomic E-state index is 11.9. The molecular formula is C15H20BrNO4. The van der Waals surface area contributed by atoms with Crippen molar-refractivity contribution in [2.45, 2.75) is 26.4 Å². The number of hydrogen-bond donors (Lipinski definition) is 1. The van der Waals surface area contributed by atoms with Crippen molar-refractivity contribution in [1.82, 2.24) is 5.32 Å². The number of hydrogen-bond acceptors (Lipinski definition) is 4. The molecule has 0 fully saturated rings. The van der Waals surface area contributed by atoms with Gasteiger partial charge in [-0.3, -0.25) is 9.59 Å². The third-order valence-corrected chi connectivity index (χ3v) is 3.31. The first-order valence-corrected chi connectivity index (χ1v) is 7.48. The lowest BCUT2D eigenvalue weighted by Gasteiger charge is -2.16. The molecule has 0 spiro atoms. The van der Waals surface area contributed by atoms with Crippen LogP contribution in [0.4, 0.5) is 0 Å². The molecule has 0 bridgehead atoms. The Morgan fingerprint density at radius 2 is 2.10 bits per heavy atom. The second kappa shape index (κ2) is 8.79. The largest absolute Gasteiger partial charge is 0.480 e. The van der Waals surface area contributed by atoms with Gasteiger partial charge in [0.2, 0.25) is 0 Å². The van der Waals surface area contributed by atoms with Crippen molar-refractivity contribution in [1.29, 1.82) is 0 Å². The standard InChI is InChI=1S/C15H20BrNO4/c1-10(18)13-6-5-12(16)9-14(13)21-11(2)15(19)17-7-4-8-20-3/h5-6,9,11H,4,7-8H2,1-3H3,(H,17,19). The van der Waals surface area contributed by atoms with E-state index in [0.717, 1.165) is 10.9 Å². The fourth-order valence-electron chi connectivity index (χ4n) is 1.70. The Morgan fingerprint density at radius 3 is 2.71 bits per heavy atom. The molecule has 1 aromatic carbocycles. The molecule has 0 saturated heterocycles. The van der Waals surface area contributed by atoms with Crippen molar-refractivity contribution in [3.63, 3.8) is 0 Å². The Morgan fingerprint density at radius 1 is 1.38 bits per heavy atom. The number of carbonyl (C=O) groups is 2. The number of halogens is 1. The summed E-state index contributed by atoms with van der Waals surface area (Å²) in [6, 6.07) is 5.12. The number of methoxy groups -OCH3 is 1. The predicted octanol–water partition coefficient (Wildman–Crippen LogP) is 2.57. The van der Waals surface area contributed by atoms with E-state index in [2.05, 4.69) is 21.2 Å². The second-order valence-corrected chi connectivity index (χ2v) is 5.51. The van der Waals surface area contributed by atoms with E-state index < -0.39 is 6.10 Å². The van der Waals surface area contributed by atoms with E-state index in [1.54, 1.807) is 32.2 Å². The van der Waals surface area contributed by atoms with Gasteiger partial charge >= 0.3 is 0 Å². The van der Waals surface area contributed by atoms with Crippen LogP contribution in [0.25, 0.3) is 0 Å². The Kier molecular flexibility index (Phi) is 7.39. The van der Waals surface area contributed by atoms with Gasteiger partial charge in [0.1, 0.15) is 5.75 Å². The van der Waals surface area contributed by atoms with Gasteiger partial charge in [-0.25, -0.2) is 0 Å². The highest BCUT2D eigenvalue weighted by Crippen LogP contribution is 2.25. The highest BCUT2D eigenvalue weighted by molar-refractivity contribution is 9.10. The molecule has 0 aliphatic heterocycles. The third kappa shape index (κ3) is 5.85. The van der Waals surface area contributed by atoms with E-state index in [0.29, 0.717) is 24.5 Å². The summed E-state index contributed by atoms with van der Waals surface area (Å²) < 4.78 is 11.3. The predicted molar refractivity (Wildman–Crippen MR) is 83.7 cm³/mol. The van der Waals surface area contributed by atoms with Crippen LogP contribution in [0.1, 0.15) is 30.6 Å². The highest BCUT2D eigenvalue weighted by Gasteiger charge is 2.17. The first kappa shape index (κ1) is 17.7. The summed E-state index contributed by atoms with van der Waals surface area (Å²) in [6.45, 7) is 4.23. The molecule has 116 valence electrons. The van der Waals surface area contributed by atoms with Crippen molar-refractivity contribution in [2.24, 2.45) is 0 Å². The van der Waals surface area contributed by atoms with E-state index in [1.807, 2.05) is 0 Å².